The van der Waals surface area contributed by atoms with Crippen LogP contribution in [0.5, 0.6) is 0 Å². The van der Waals surface area contributed by atoms with Crippen LogP contribution in [0.2, 0.25) is 0 Å². The number of rotatable bonds is 0. The molecule has 2 rings (SSSR count). The maximum Gasteiger partial charge on any atom is 0.449 e. The van der Waals surface area contributed by atoms with Gasteiger partial charge in [0.25, 0.3) is 5.56 Å². The van der Waals surface area contributed by atoms with E-state index in [9.17, 15) is 18.0 Å². The lowest BCUT2D eigenvalue weighted by Gasteiger charge is -2.05. The highest BCUT2D eigenvalue weighted by molar-refractivity contribution is 9.10. The van der Waals surface area contributed by atoms with Crippen molar-refractivity contribution >= 4 is 27.0 Å². The summed E-state index contributed by atoms with van der Waals surface area (Å²) in [5.74, 6) is -1.33. The summed E-state index contributed by atoms with van der Waals surface area (Å²) in [4.78, 5) is 19.9. The number of hydrogen-bond donors (Lipinski definition) is 1. The summed E-state index contributed by atoms with van der Waals surface area (Å²) in [7, 11) is 0. The Labute approximate surface area is 94.7 Å². The molecular formula is C8H3BrF3N3O. The molecule has 0 amide bonds. The topological polar surface area (TPSA) is 58.6 Å². The standard InChI is InChI=1S/C8H3BrF3N3O/c9-3-1-4-5(13-2-3)6(16)15-7(14-4)8(10,11)12/h1-2H,(H,14,15,16). The van der Waals surface area contributed by atoms with Gasteiger partial charge in [-0.05, 0) is 22.0 Å². The summed E-state index contributed by atoms with van der Waals surface area (Å²) >= 11 is 3.04. The number of aromatic nitrogens is 3. The maximum atomic E-state index is 12.3. The molecule has 0 spiro atoms. The predicted molar refractivity (Wildman–Crippen MR) is 52.9 cm³/mol. The van der Waals surface area contributed by atoms with Crippen LogP contribution in [0.1, 0.15) is 5.82 Å². The second-order valence-electron chi connectivity index (χ2n) is 2.93. The van der Waals surface area contributed by atoms with E-state index in [-0.39, 0.29) is 11.0 Å². The quantitative estimate of drug-likeness (QED) is 0.809. The van der Waals surface area contributed by atoms with Crippen molar-refractivity contribution in [3.8, 4) is 0 Å². The molecule has 0 aliphatic heterocycles. The van der Waals surface area contributed by atoms with Crippen LogP contribution < -0.4 is 5.56 Å². The Morgan fingerprint density at radius 3 is 2.69 bits per heavy atom. The first-order valence-electron chi connectivity index (χ1n) is 4.01. The average Bonchev–Trinajstić information content (AvgIpc) is 2.15. The fourth-order valence-corrected chi connectivity index (χ4v) is 1.46. The first-order valence-corrected chi connectivity index (χ1v) is 4.80. The number of alkyl halides is 3. The van der Waals surface area contributed by atoms with Crippen molar-refractivity contribution in [2.24, 2.45) is 0 Å². The number of aromatic amines is 1. The first-order chi connectivity index (χ1) is 7.38. The molecule has 2 aromatic rings. The summed E-state index contributed by atoms with van der Waals surface area (Å²) < 4.78 is 37.4. The molecule has 1 N–H and O–H groups in total. The minimum absolute atomic E-state index is 0.106. The molecule has 0 saturated heterocycles. The molecule has 0 aliphatic carbocycles. The lowest BCUT2D eigenvalue weighted by molar-refractivity contribution is -0.144. The van der Waals surface area contributed by atoms with Gasteiger partial charge in [-0.2, -0.15) is 13.2 Å². The molecule has 2 heterocycles. The van der Waals surface area contributed by atoms with Crippen molar-refractivity contribution in [1.29, 1.82) is 0 Å². The zero-order valence-corrected chi connectivity index (χ0v) is 9.06. The SMILES string of the molecule is O=c1[nH]c(C(F)(F)F)nc2cc(Br)cnc12. The lowest BCUT2D eigenvalue weighted by atomic mass is 10.3. The number of fused-ring (bicyclic) bond motifs is 1. The molecule has 0 aliphatic rings. The summed E-state index contributed by atoms with van der Waals surface area (Å²) in [6.07, 6.45) is -3.37. The van der Waals surface area contributed by atoms with Crippen LogP contribution in [0.15, 0.2) is 21.5 Å². The van der Waals surface area contributed by atoms with Crippen LogP contribution in [0, 0.1) is 0 Å². The van der Waals surface area contributed by atoms with Crippen molar-refractivity contribution < 1.29 is 13.2 Å². The molecule has 0 bridgehead atoms. The highest BCUT2D eigenvalue weighted by atomic mass is 79.9. The number of hydrogen-bond acceptors (Lipinski definition) is 3. The Kier molecular flexibility index (Phi) is 2.45. The number of nitrogens with zero attached hydrogens (tertiary/aromatic N) is 2. The average molecular weight is 294 g/mol. The van der Waals surface area contributed by atoms with Gasteiger partial charge in [-0.25, -0.2) is 9.97 Å². The minimum atomic E-state index is -4.68. The van der Waals surface area contributed by atoms with Crippen LogP contribution in [0.3, 0.4) is 0 Å². The van der Waals surface area contributed by atoms with Crippen molar-refractivity contribution in [2.75, 3.05) is 0 Å². The molecule has 0 fully saturated rings. The van der Waals surface area contributed by atoms with E-state index in [1.165, 1.54) is 12.3 Å². The van der Waals surface area contributed by atoms with Gasteiger partial charge in [0.15, 0.2) is 5.52 Å². The third kappa shape index (κ3) is 1.92. The van der Waals surface area contributed by atoms with Crippen LogP contribution in [-0.2, 0) is 6.18 Å². The molecule has 16 heavy (non-hydrogen) atoms. The third-order valence-corrected chi connectivity index (χ3v) is 2.22. The second kappa shape index (κ2) is 3.55. The summed E-state index contributed by atoms with van der Waals surface area (Å²) in [5.41, 5.74) is -1.15. The first kappa shape index (κ1) is 11.1. The minimum Gasteiger partial charge on any atom is -0.301 e. The normalized spacial score (nSPS) is 12.0. The highest BCUT2D eigenvalue weighted by Gasteiger charge is 2.34. The van der Waals surface area contributed by atoms with Crippen LogP contribution in [-0.4, -0.2) is 15.0 Å². The zero-order valence-electron chi connectivity index (χ0n) is 7.47. The van der Waals surface area contributed by atoms with Crippen molar-refractivity contribution in [1.82, 2.24) is 15.0 Å². The predicted octanol–water partition coefficient (Wildman–Crippen LogP) is 2.10. The van der Waals surface area contributed by atoms with Gasteiger partial charge in [-0.15, -0.1) is 0 Å². The number of halogens is 4. The van der Waals surface area contributed by atoms with Crippen LogP contribution in [0.25, 0.3) is 11.0 Å². The van der Waals surface area contributed by atoms with Crippen LogP contribution in [0.4, 0.5) is 13.2 Å². The van der Waals surface area contributed by atoms with E-state index >= 15 is 0 Å². The number of pyridine rings is 1. The molecule has 2 aromatic heterocycles. The van der Waals surface area contributed by atoms with E-state index in [4.69, 9.17) is 0 Å². The number of nitrogens with one attached hydrogen (secondary N) is 1. The molecule has 8 heteroatoms. The summed E-state index contributed by atoms with van der Waals surface area (Å²) in [6.45, 7) is 0. The molecule has 0 atom stereocenters. The van der Waals surface area contributed by atoms with Gasteiger partial charge < -0.3 is 4.98 Å². The van der Waals surface area contributed by atoms with Gasteiger partial charge in [0, 0.05) is 10.7 Å². The molecule has 0 radical (unpaired) electrons. The van der Waals surface area contributed by atoms with Crippen LogP contribution >= 0.6 is 15.9 Å². The Morgan fingerprint density at radius 1 is 1.38 bits per heavy atom. The van der Waals surface area contributed by atoms with Crippen molar-refractivity contribution in [3.63, 3.8) is 0 Å². The van der Waals surface area contributed by atoms with Gasteiger partial charge in [-0.3, -0.25) is 4.79 Å². The van der Waals surface area contributed by atoms with Gasteiger partial charge in [-0.1, -0.05) is 0 Å². The number of H-pyrrole nitrogens is 1. The molecular weight excluding hydrogens is 291 g/mol. The van der Waals surface area contributed by atoms with E-state index in [2.05, 4.69) is 25.9 Å². The van der Waals surface area contributed by atoms with E-state index < -0.39 is 17.6 Å². The Morgan fingerprint density at radius 2 is 2.06 bits per heavy atom. The Hall–Kier alpha value is -1.44. The Bertz CT molecular complexity index is 607. The molecule has 0 aromatic carbocycles. The molecule has 84 valence electrons. The molecule has 0 unspecified atom stereocenters. The molecule has 4 nitrogen and oxygen atoms in total. The Balaban J connectivity index is 2.80. The van der Waals surface area contributed by atoms with Crippen molar-refractivity contribution in [3.05, 3.63) is 32.9 Å². The second-order valence-corrected chi connectivity index (χ2v) is 3.85. The smallest absolute Gasteiger partial charge is 0.301 e. The van der Waals surface area contributed by atoms with Gasteiger partial charge in [0.1, 0.15) is 0 Å². The summed E-state index contributed by atoms with van der Waals surface area (Å²) in [5, 5.41) is 0. The van der Waals surface area contributed by atoms with Gasteiger partial charge >= 0.3 is 6.18 Å². The van der Waals surface area contributed by atoms with Gasteiger partial charge in [0.05, 0.1) is 5.52 Å². The van der Waals surface area contributed by atoms with Crippen molar-refractivity contribution in [2.45, 2.75) is 6.18 Å². The fraction of sp³-hybridized carbons (Fsp3) is 0.125. The highest BCUT2D eigenvalue weighted by Crippen LogP contribution is 2.26. The molecule has 0 saturated carbocycles. The fourth-order valence-electron chi connectivity index (χ4n) is 1.14. The summed E-state index contributed by atoms with van der Waals surface area (Å²) in [6, 6.07) is 1.30. The zero-order chi connectivity index (χ0) is 11.9. The van der Waals surface area contributed by atoms with E-state index in [0.29, 0.717) is 4.47 Å². The van der Waals surface area contributed by atoms with Gasteiger partial charge in [0.2, 0.25) is 5.82 Å². The maximum absolute atomic E-state index is 12.3. The monoisotopic (exact) mass is 293 g/mol. The van der Waals surface area contributed by atoms with E-state index in [1.54, 1.807) is 4.98 Å². The van der Waals surface area contributed by atoms with E-state index in [0.717, 1.165) is 0 Å². The third-order valence-electron chi connectivity index (χ3n) is 1.78. The largest absolute Gasteiger partial charge is 0.449 e. The lowest BCUT2D eigenvalue weighted by Crippen LogP contribution is -2.19. The van der Waals surface area contributed by atoms with E-state index in [1.807, 2.05) is 0 Å².